The standard InChI is InChI=1S/C20H19ClFN5O3/c1-26-9-11(8-24-26)16-10-27(4-5-30-16)17-7-15(23)18(20(28)29)19(25-17)13-3-2-12(21)6-14(13)22/h2-3,6-9,16H,4-5,10H2,1H3,(H2,23,25)(H,28,29)/t16-/m1/s1. The average Bonchev–Trinajstić information content (AvgIpc) is 3.13. The van der Waals surface area contributed by atoms with Crippen LogP contribution in [0.2, 0.25) is 5.02 Å². The third kappa shape index (κ3) is 3.81. The highest BCUT2D eigenvalue weighted by Gasteiger charge is 2.27. The second kappa shape index (κ2) is 7.92. The molecular formula is C20H19ClFN5O3. The van der Waals surface area contributed by atoms with Gasteiger partial charge in [0.05, 0.1) is 24.2 Å². The highest BCUT2D eigenvalue weighted by atomic mass is 35.5. The topological polar surface area (TPSA) is 106 Å². The third-order valence-electron chi connectivity index (χ3n) is 4.92. The second-order valence-corrected chi connectivity index (χ2v) is 7.41. The van der Waals surface area contributed by atoms with Gasteiger partial charge >= 0.3 is 5.97 Å². The van der Waals surface area contributed by atoms with E-state index in [1.54, 1.807) is 10.9 Å². The molecule has 0 saturated carbocycles. The lowest BCUT2D eigenvalue weighted by Crippen LogP contribution is -2.39. The monoisotopic (exact) mass is 431 g/mol. The fraction of sp³-hybridized carbons (Fsp3) is 0.250. The minimum Gasteiger partial charge on any atom is -0.478 e. The van der Waals surface area contributed by atoms with Crippen LogP contribution in [0.25, 0.3) is 11.3 Å². The number of hydrogen-bond acceptors (Lipinski definition) is 6. The van der Waals surface area contributed by atoms with Crippen LogP contribution in [-0.2, 0) is 11.8 Å². The SMILES string of the molecule is Cn1cc([C@H]2CN(c3cc(N)c(C(=O)O)c(-c4ccc(Cl)cc4F)n3)CCO2)cn1. The Morgan fingerprint density at radius 3 is 2.87 bits per heavy atom. The molecule has 1 aliphatic rings. The molecule has 1 atom stereocenters. The number of ether oxygens (including phenoxy) is 1. The van der Waals surface area contributed by atoms with E-state index in [9.17, 15) is 14.3 Å². The first-order valence-electron chi connectivity index (χ1n) is 9.18. The molecule has 1 saturated heterocycles. The van der Waals surface area contributed by atoms with Crippen LogP contribution in [-0.4, -0.2) is 45.5 Å². The van der Waals surface area contributed by atoms with Gasteiger partial charge in [-0.1, -0.05) is 11.6 Å². The molecule has 3 N–H and O–H groups in total. The van der Waals surface area contributed by atoms with Gasteiger partial charge < -0.3 is 20.5 Å². The van der Waals surface area contributed by atoms with Gasteiger partial charge in [-0.05, 0) is 18.2 Å². The van der Waals surface area contributed by atoms with Crippen molar-refractivity contribution in [2.24, 2.45) is 7.05 Å². The number of aryl methyl sites for hydroxylation is 1. The predicted octanol–water partition coefficient (Wildman–Crippen LogP) is 3.13. The van der Waals surface area contributed by atoms with E-state index in [-0.39, 0.29) is 33.6 Å². The molecule has 10 heteroatoms. The summed E-state index contributed by atoms with van der Waals surface area (Å²) in [4.78, 5) is 18.2. The van der Waals surface area contributed by atoms with Gasteiger partial charge in [0, 0.05) is 48.5 Å². The number of aromatic nitrogens is 3. The van der Waals surface area contributed by atoms with Crippen LogP contribution in [0.1, 0.15) is 22.0 Å². The maximum absolute atomic E-state index is 14.6. The molecule has 4 rings (SSSR count). The fourth-order valence-electron chi connectivity index (χ4n) is 3.48. The lowest BCUT2D eigenvalue weighted by atomic mass is 10.0. The van der Waals surface area contributed by atoms with E-state index in [0.29, 0.717) is 25.5 Å². The fourth-order valence-corrected chi connectivity index (χ4v) is 3.64. The number of carboxylic acids is 1. The quantitative estimate of drug-likeness (QED) is 0.653. The lowest BCUT2D eigenvalue weighted by molar-refractivity contribution is 0.0395. The van der Waals surface area contributed by atoms with E-state index >= 15 is 0 Å². The zero-order valence-corrected chi connectivity index (χ0v) is 16.8. The van der Waals surface area contributed by atoms with Crippen LogP contribution in [0.5, 0.6) is 0 Å². The van der Waals surface area contributed by atoms with Gasteiger partial charge in [0.25, 0.3) is 0 Å². The number of aromatic carboxylic acids is 1. The Bertz CT molecular complexity index is 1120. The molecule has 1 fully saturated rings. The number of anilines is 2. The van der Waals surface area contributed by atoms with E-state index < -0.39 is 11.8 Å². The Hall–Kier alpha value is -3.17. The van der Waals surface area contributed by atoms with E-state index in [2.05, 4.69) is 10.1 Å². The van der Waals surface area contributed by atoms with Gasteiger partial charge in [0.1, 0.15) is 23.3 Å². The van der Waals surface area contributed by atoms with Crippen LogP contribution in [0, 0.1) is 5.82 Å². The van der Waals surface area contributed by atoms with Crippen molar-refractivity contribution in [3.8, 4) is 11.3 Å². The number of halogens is 2. The second-order valence-electron chi connectivity index (χ2n) is 6.98. The van der Waals surface area contributed by atoms with Crippen molar-refractivity contribution in [1.82, 2.24) is 14.8 Å². The molecule has 3 aromatic rings. The van der Waals surface area contributed by atoms with Crippen LogP contribution in [0.4, 0.5) is 15.9 Å². The summed E-state index contributed by atoms with van der Waals surface area (Å²) in [6.45, 7) is 1.43. The van der Waals surface area contributed by atoms with E-state index in [1.165, 1.54) is 18.2 Å². The highest BCUT2D eigenvalue weighted by Crippen LogP contribution is 2.34. The largest absolute Gasteiger partial charge is 0.478 e. The Balaban J connectivity index is 1.75. The molecule has 2 aromatic heterocycles. The average molecular weight is 432 g/mol. The predicted molar refractivity (Wildman–Crippen MR) is 110 cm³/mol. The van der Waals surface area contributed by atoms with Gasteiger partial charge in [-0.15, -0.1) is 0 Å². The molecule has 0 bridgehead atoms. The molecular weight excluding hydrogens is 413 g/mol. The van der Waals surface area contributed by atoms with Gasteiger partial charge in [-0.25, -0.2) is 14.2 Å². The molecule has 1 aromatic carbocycles. The smallest absolute Gasteiger partial charge is 0.340 e. The summed E-state index contributed by atoms with van der Waals surface area (Å²) in [5.41, 5.74) is 6.69. The molecule has 0 spiro atoms. The molecule has 0 aliphatic carbocycles. The van der Waals surface area contributed by atoms with Crippen LogP contribution < -0.4 is 10.6 Å². The third-order valence-corrected chi connectivity index (χ3v) is 5.16. The number of nitrogens with two attached hydrogens (primary N) is 1. The van der Waals surface area contributed by atoms with Crippen molar-refractivity contribution in [3.05, 3.63) is 58.6 Å². The number of nitrogen functional groups attached to an aromatic ring is 1. The minimum atomic E-state index is -1.29. The summed E-state index contributed by atoms with van der Waals surface area (Å²) in [6.07, 6.45) is 3.38. The molecule has 0 amide bonds. The summed E-state index contributed by atoms with van der Waals surface area (Å²) in [7, 11) is 1.82. The number of carbonyl (C=O) groups is 1. The number of hydrogen-bond donors (Lipinski definition) is 2. The molecule has 0 radical (unpaired) electrons. The Morgan fingerprint density at radius 1 is 1.40 bits per heavy atom. The number of nitrogens with zero attached hydrogens (tertiary/aromatic N) is 4. The van der Waals surface area contributed by atoms with Gasteiger partial charge in [-0.2, -0.15) is 5.10 Å². The van der Waals surface area contributed by atoms with Gasteiger partial charge in [-0.3, -0.25) is 4.68 Å². The number of morpholine rings is 1. The lowest BCUT2D eigenvalue weighted by Gasteiger charge is -2.34. The number of benzene rings is 1. The van der Waals surface area contributed by atoms with Crippen LogP contribution >= 0.6 is 11.6 Å². The molecule has 3 heterocycles. The zero-order valence-electron chi connectivity index (χ0n) is 16.0. The Kier molecular flexibility index (Phi) is 5.31. The van der Waals surface area contributed by atoms with Crippen molar-refractivity contribution in [2.45, 2.75) is 6.10 Å². The normalized spacial score (nSPS) is 16.6. The number of rotatable bonds is 4. The first-order valence-corrected chi connectivity index (χ1v) is 9.55. The number of pyridine rings is 1. The van der Waals surface area contributed by atoms with Crippen molar-refractivity contribution >= 4 is 29.1 Å². The summed E-state index contributed by atoms with van der Waals surface area (Å²) in [5, 5.41) is 14.0. The molecule has 156 valence electrons. The van der Waals surface area contributed by atoms with Crippen molar-refractivity contribution in [3.63, 3.8) is 0 Å². The first kappa shape index (κ1) is 20.1. The van der Waals surface area contributed by atoms with E-state index in [4.69, 9.17) is 22.1 Å². The van der Waals surface area contributed by atoms with Crippen LogP contribution in [0.3, 0.4) is 0 Å². The number of carboxylic acid groups (broad SMARTS) is 1. The first-order chi connectivity index (χ1) is 14.3. The molecule has 1 aliphatic heterocycles. The highest BCUT2D eigenvalue weighted by molar-refractivity contribution is 6.30. The zero-order chi connectivity index (χ0) is 21.4. The molecule has 0 unspecified atom stereocenters. The summed E-state index contributed by atoms with van der Waals surface area (Å²) in [6, 6.07) is 5.48. The van der Waals surface area contributed by atoms with Crippen molar-refractivity contribution in [1.29, 1.82) is 0 Å². The maximum Gasteiger partial charge on any atom is 0.340 e. The van der Waals surface area contributed by atoms with Crippen molar-refractivity contribution < 1.29 is 19.0 Å². The summed E-state index contributed by atoms with van der Waals surface area (Å²) in [5.74, 6) is -1.52. The van der Waals surface area contributed by atoms with Crippen molar-refractivity contribution in [2.75, 3.05) is 30.3 Å². The summed E-state index contributed by atoms with van der Waals surface area (Å²) < 4.78 is 22.1. The summed E-state index contributed by atoms with van der Waals surface area (Å²) >= 11 is 5.84. The van der Waals surface area contributed by atoms with E-state index in [0.717, 1.165) is 11.6 Å². The maximum atomic E-state index is 14.6. The van der Waals surface area contributed by atoms with Gasteiger partial charge in [0.2, 0.25) is 0 Å². The van der Waals surface area contributed by atoms with E-state index in [1.807, 2.05) is 18.1 Å². The Morgan fingerprint density at radius 2 is 2.20 bits per heavy atom. The Labute approximate surface area is 176 Å². The molecule has 30 heavy (non-hydrogen) atoms. The minimum absolute atomic E-state index is 0.00118. The van der Waals surface area contributed by atoms with Gasteiger partial charge in [0.15, 0.2) is 0 Å². The van der Waals surface area contributed by atoms with Crippen LogP contribution in [0.15, 0.2) is 36.7 Å². The molecule has 8 nitrogen and oxygen atoms in total.